The van der Waals surface area contributed by atoms with Gasteiger partial charge in [-0.25, -0.2) is 0 Å². The summed E-state index contributed by atoms with van der Waals surface area (Å²) in [7, 11) is 1.67. The Morgan fingerprint density at radius 2 is 2.27 bits per heavy atom. The standard InChI is InChI=1S/C12H17NO2/c1-9-4-5-11(7-12(9)15-3)6-10(2)13-8-14/h4-5,7-8,10H,6H2,1-3H3,(H,13,14)/t10-/m1/s1. The third kappa shape index (κ3) is 3.27. The number of amides is 1. The van der Waals surface area contributed by atoms with Crippen molar-refractivity contribution in [2.75, 3.05) is 7.11 Å². The summed E-state index contributed by atoms with van der Waals surface area (Å²) in [5.74, 6) is 0.894. The highest BCUT2D eigenvalue weighted by atomic mass is 16.5. The molecule has 1 N–H and O–H groups in total. The molecular formula is C12H17NO2. The van der Waals surface area contributed by atoms with Gasteiger partial charge in [0.15, 0.2) is 0 Å². The maximum absolute atomic E-state index is 10.2. The first-order chi connectivity index (χ1) is 7.17. The van der Waals surface area contributed by atoms with Crippen LogP contribution in [0.1, 0.15) is 18.1 Å². The van der Waals surface area contributed by atoms with Gasteiger partial charge in [-0.2, -0.15) is 0 Å². The van der Waals surface area contributed by atoms with Crippen molar-refractivity contribution >= 4 is 6.41 Å². The van der Waals surface area contributed by atoms with E-state index in [2.05, 4.69) is 11.4 Å². The highest BCUT2D eigenvalue weighted by molar-refractivity contribution is 5.46. The molecule has 0 spiro atoms. The van der Waals surface area contributed by atoms with Crippen LogP contribution in [0.3, 0.4) is 0 Å². The molecule has 0 aromatic heterocycles. The second-order valence-corrected chi connectivity index (χ2v) is 3.69. The van der Waals surface area contributed by atoms with Gasteiger partial charge in [0.25, 0.3) is 0 Å². The van der Waals surface area contributed by atoms with Gasteiger partial charge in [-0.1, -0.05) is 12.1 Å². The summed E-state index contributed by atoms with van der Waals surface area (Å²) < 4.78 is 5.24. The van der Waals surface area contributed by atoms with Crippen molar-refractivity contribution in [3.63, 3.8) is 0 Å². The van der Waals surface area contributed by atoms with E-state index in [0.717, 1.165) is 24.1 Å². The lowest BCUT2D eigenvalue weighted by Crippen LogP contribution is -2.26. The maximum Gasteiger partial charge on any atom is 0.207 e. The minimum atomic E-state index is 0.148. The summed E-state index contributed by atoms with van der Waals surface area (Å²) in [6.07, 6.45) is 1.55. The van der Waals surface area contributed by atoms with Crippen molar-refractivity contribution in [2.45, 2.75) is 26.3 Å². The van der Waals surface area contributed by atoms with Crippen LogP contribution in [-0.4, -0.2) is 19.6 Å². The van der Waals surface area contributed by atoms with Gasteiger partial charge in [0.2, 0.25) is 6.41 Å². The van der Waals surface area contributed by atoms with E-state index in [9.17, 15) is 4.79 Å². The number of rotatable bonds is 5. The first-order valence-corrected chi connectivity index (χ1v) is 5.00. The summed E-state index contributed by atoms with van der Waals surface area (Å²) in [6.45, 7) is 3.98. The molecule has 0 heterocycles. The summed E-state index contributed by atoms with van der Waals surface area (Å²) in [5, 5.41) is 2.72. The van der Waals surface area contributed by atoms with Gasteiger partial charge in [-0.3, -0.25) is 4.79 Å². The molecule has 1 amide bonds. The van der Waals surface area contributed by atoms with Gasteiger partial charge >= 0.3 is 0 Å². The van der Waals surface area contributed by atoms with E-state index in [0.29, 0.717) is 0 Å². The highest BCUT2D eigenvalue weighted by Gasteiger charge is 2.04. The molecule has 1 aromatic rings. The second-order valence-electron chi connectivity index (χ2n) is 3.69. The van der Waals surface area contributed by atoms with E-state index >= 15 is 0 Å². The number of benzene rings is 1. The molecule has 0 aliphatic rings. The fraction of sp³-hybridized carbons (Fsp3) is 0.417. The molecule has 0 saturated heterocycles. The van der Waals surface area contributed by atoms with Crippen molar-refractivity contribution in [3.05, 3.63) is 29.3 Å². The zero-order valence-corrected chi connectivity index (χ0v) is 9.41. The van der Waals surface area contributed by atoms with Crippen molar-refractivity contribution < 1.29 is 9.53 Å². The molecule has 0 unspecified atom stereocenters. The van der Waals surface area contributed by atoms with Gasteiger partial charge in [0.05, 0.1) is 7.11 Å². The summed E-state index contributed by atoms with van der Waals surface area (Å²) in [6, 6.07) is 6.25. The van der Waals surface area contributed by atoms with Gasteiger partial charge in [-0.05, 0) is 37.5 Å². The van der Waals surface area contributed by atoms with Crippen LogP contribution in [0.5, 0.6) is 5.75 Å². The molecule has 1 rings (SSSR count). The zero-order chi connectivity index (χ0) is 11.3. The molecule has 0 saturated carbocycles. The Kier molecular flexibility index (Phi) is 4.16. The van der Waals surface area contributed by atoms with Crippen LogP contribution in [0.15, 0.2) is 18.2 Å². The molecular weight excluding hydrogens is 190 g/mol. The zero-order valence-electron chi connectivity index (χ0n) is 9.41. The molecule has 0 aliphatic carbocycles. The molecule has 3 nitrogen and oxygen atoms in total. The van der Waals surface area contributed by atoms with E-state index in [1.165, 1.54) is 5.56 Å². The van der Waals surface area contributed by atoms with Gasteiger partial charge < -0.3 is 10.1 Å². The fourth-order valence-electron chi connectivity index (χ4n) is 1.52. The van der Waals surface area contributed by atoms with E-state index < -0.39 is 0 Å². The first-order valence-electron chi connectivity index (χ1n) is 5.00. The molecule has 0 fully saturated rings. The van der Waals surface area contributed by atoms with Crippen LogP contribution in [0.4, 0.5) is 0 Å². The van der Waals surface area contributed by atoms with Crippen molar-refractivity contribution in [3.8, 4) is 5.75 Å². The number of hydrogen-bond donors (Lipinski definition) is 1. The Hall–Kier alpha value is -1.51. The number of aryl methyl sites for hydroxylation is 1. The quantitative estimate of drug-likeness (QED) is 0.746. The smallest absolute Gasteiger partial charge is 0.207 e. The van der Waals surface area contributed by atoms with E-state index in [-0.39, 0.29) is 6.04 Å². The lowest BCUT2D eigenvalue weighted by Gasteiger charge is -2.12. The predicted octanol–water partition coefficient (Wildman–Crippen LogP) is 1.68. The Labute approximate surface area is 90.4 Å². The Bertz CT molecular complexity index is 336. The summed E-state index contributed by atoms with van der Waals surface area (Å²) in [5.41, 5.74) is 2.29. The second kappa shape index (κ2) is 5.39. The fourth-order valence-corrected chi connectivity index (χ4v) is 1.52. The molecule has 1 atom stereocenters. The number of carbonyl (C=O) groups excluding carboxylic acids is 1. The number of methoxy groups -OCH3 is 1. The minimum absolute atomic E-state index is 0.148. The number of nitrogens with one attached hydrogen (secondary N) is 1. The molecule has 0 radical (unpaired) electrons. The molecule has 82 valence electrons. The van der Waals surface area contributed by atoms with E-state index in [1.807, 2.05) is 26.0 Å². The average Bonchev–Trinajstić information content (AvgIpc) is 2.21. The molecule has 0 aliphatic heterocycles. The van der Waals surface area contributed by atoms with E-state index in [4.69, 9.17) is 4.74 Å². The van der Waals surface area contributed by atoms with Crippen molar-refractivity contribution in [2.24, 2.45) is 0 Å². The predicted molar refractivity (Wildman–Crippen MR) is 60.1 cm³/mol. The monoisotopic (exact) mass is 207 g/mol. The van der Waals surface area contributed by atoms with Crippen molar-refractivity contribution in [1.82, 2.24) is 5.32 Å². The first kappa shape index (κ1) is 11.6. The van der Waals surface area contributed by atoms with Crippen LogP contribution in [0.25, 0.3) is 0 Å². The highest BCUT2D eigenvalue weighted by Crippen LogP contribution is 2.19. The average molecular weight is 207 g/mol. The Morgan fingerprint density at radius 1 is 1.53 bits per heavy atom. The topological polar surface area (TPSA) is 38.3 Å². The van der Waals surface area contributed by atoms with Crippen LogP contribution < -0.4 is 10.1 Å². The lowest BCUT2D eigenvalue weighted by molar-refractivity contribution is -0.110. The van der Waals surface area contributed by atoms with Crippen LogP contribution in [0, 0.1) is 6.92 Å². The van der Waals surface area contributed by atoms with E-state index in [1.54, 1.807) is 7.11 Å². The van der Waals surface area contributed by atoms with Crippen LogP contribution in [0.2, 0.25) is 0 Å². The van der Waals surface area contributed by atoms with Gasteiger partial charge in [-0.15, -0.1) is 0 Å². The molecule has 1 aromatic carbocycles. The summed E-state index contributed by atoms with van der Waals surface area (Å²) in [4.78, 5) is 10.2. The SMILES string of the molecule is COc1cc(C[C@@H](C)NC=O)ccc1C. The molecule has 15 heavy (non-hydrogen) atoms. The van der Waals surface area contributed by atoms with Crippen LogP contribution >= 0.6 is 0 Å². The third-order valence-corrected chi connectivity index (χ3v) is 2.37. The third-order valence-electron chi connectivity index (χ3n) is 2.37. The normalized spacial score (nSPS) is 11.9. The minimum Gasteiger partial charge on any atom is -0.496 e. The number of carbonyl (C=O) groups is 1. The van der Waals surface area contributed by atoms with Gasteiger partial charge in [0.1, 0.15) is 5.75 Å². The van der Waals surface area contributed by atoms with Crippen molar-refractivity contribution in [1.29, 1.82) is 0 Å². The Balaban J connectivity index is 2.73. The summed E-state index contributed by atoms with van der Waals surface area (Å²) >= 11 is 0. The largest absolute Gasteiger partial charge is 0.496 e. The lowest BCUT2D eigenvalue weighted by atomic mass is 10.0. The number of hydrogen-bond acceptors (Lipinski definition) is 2. The number of ether oxygens (including phenoxy) is 1. The van der Waals surface area contributed by atoms with Crippen LogP contribution in [-0.2, 0) is 11.2 Å². The molecule has 3 heteroatoms. The molecule has 0 bridgehead atoms. The van der Waals surface area contributed by atoms with Gasteiger partial charge in [0, 0.05) is 6.04 Å². The maximum atomic E-state index is 10.2. The Morgan fingerprint density at radius 3 is 2.87 bits per heavy atom.